The van der Waals surface area contributed by atoms with Crippen molar-refractivity contribution >= 4 is 21.8 Å². The van der Waals surface area contributed by atoms with Crippen molar-refractivity contribution in [3.8, 4) is 0 Å². The molecule has 0 aliphatic rings. The highest BCUT2D eigenvalue weighted by molar-refractivity contribution is 7.99. The molecule has 0 aliphatic heterocycles. The molecule has 0 aromatic heterocycles. The maximum atomic E-state index is 11.6. The maximum absolute atomic E-state index is 11.6. The number of nitrogens with one attached hydrogen (secondary N) is 1. The van der Waals surface area contributed by atoms with Crippen molar-refractivity contribution in [1.82, 2.24) is 4.72 Å². The van der Waals surface area contributed by atoms with Gasteiger partial charge in [-0.2, -0.15) is 11.8 Å². The van der Waals surface area contributed by atoms with Crippen molar-refractivity contribution in [2.75, 3.05) is 18.6 Å². The van der Waals surface area contributed by atoms with E-state index < -0.39 is 10.0 Å². The summed E-state index contributed by atoms with van der Waals surface area (Å²) in [5, 5.41) is 8.93. The van der Waals surface area contributed by atoms with Crippen molar-refractivity contribution in [1.29, 1.82) is 0 Å². The molecule has 0 saturated carbocycles. The molecule has 92 valence electrons. The van der Waals surface area contributed by atoms with E-state index in [1.54, 1.807) is 6.92 Å². The van der Waals surface area contributed by atoms with Crippen molar-refractivity contribution < 1.29 is 13.5 Å². The topological polar surface area (TPSA) is 66.4 Å². The zero-order valence-electron chi connectivity index (χ0n) is 9.73. The average Bonchev–Trinajstić information content (AvgIpc) is 2.02. The third kappa shape index (κ3) is 6.40. The second-order valence-electron chi connectivity index (χ2n) is 4.04. The molecule has 2 N–H and O–H groups in total. The van der Waals surface area contributed by atoms with Gasteiger partial charge >= 0.3 is 0 Å². The monoisotopic (exact) mass is 255 g/mol. The summed E-state index contributed by atoms with van der Waals surface area (Å²) in [6, 6.07) is -0.242. The van der Waals surface area contributed by atoms with Gasteiger partial charge in [0.2, 0.25) is 10.0 Å². The van der Waals surface area contributed by atoms with Crippen LogP contribution in [0, 0.1) is 5.92 Å². The fourth-order valence-corrected chi connectivity index (χ4v) is 3.70. The molecule has 0 spiro atoms. The van der Waals surface area contributed by atoms with Gasteiger partial charge in [-0.15, -0.1) is 0 Å². The summed E-state index contributed by atoms with van der Waals surface area (Å²) in [5.74, 6) is 0.237. The molecule has 2 atom stereocenters. The lowest BCUT2D eigenvalue weighted by Crippen LogP contribution is -2.42. The van der Waals surface area contributed by atoms with Crippen LogP contribution in [0.15, 0.2) is 0 Å². The molecule has 0 aliphatic carbocycles. The Morgan fingerprint density at radius 2 is 1.87 bits per heavy atom. The van der Waals surface area contributed by atoms with Crippen molar-refractivity contribution in [2.24, 2.45) is 5.92 Å². The van der Waals surface area contributed by atoms with Gasteiger partial charge in [0.05, 0.1) is 12.4 Å². The first-order valence-electron chi connectivity index (χ1n) is 4.96. The highest BCUT2D eigenvalue weighted by Gasteiger charge is 2.21. The number of aliphatic hydroxyl groups excluding tert-OH is 1. The number of rotatable bonds is 7. The third-order valence-corrected chi connectivity index (χ3v) is 4.96. The van der Waals surface area contributed by atoms with Gasteiger partial charge in [-0.3, -0.25) is 0 Å². The molecule has 15 heavy (non-hydrogen) atoms. The van der Waals surface area contributed by atoms with Crippen molar-refractivity contribution in [3.05, 3.63) is 0 Å². The van der Waals surface area contributed by atoms with Crippen LogP contribution in [0.3, 0.4) is 0 Å². The van der Waals surface area contributed by atoms with Crippen LogP contribution in [0.25, 0.3) is 0 Å². The van der Waals surface area contributed by atoms with Crippen LogP contribution >= 0.6 is 11.8 Å². The van der Waals surface area contributed by atoms with Crippen LogP contribution in [0.2, 0.25) is 0 Å². The Kier molecular flexibility index (Phi) is 6.83. The maximum Gasteiger partial charge on any atom is 0.212 e. The molecular formula is C9H21NO3S2. The van der Waals surface area contributed by atoms with E-state index in [1.165, 1.54) is 11.8 Å². The molecule has 0 saturated heterocycles. The lowest BCUT2D eigenvalue weighted by molar-refractivity contribution is 0.282. The number of sulfonamides is 1. The van der Waals surface area contributed by atoms with Crippen LogP contribution < -0.4 is 4.72 Å². The molecule has 0 bridgehead atoms. The third-order valence-electron chi connectivity index (χ3n) is 1.96. The van der Waals surface area contributed by atoms with E-state index in [1.807, 2.05) is 20.1 Å². The molecule has 0 aromatic rings. The van der Waals surface area contributed by atoms with E-state index in [9.17, 15) is 8.42 Å². The molecule has 2 unspecified atom stereocenters. The van der Waals surface area contributed by atoms with Gasteiger partial charge in [0.25, 0.3) is 0 Å². The summed E-state index contributed by atoms with van der Waals surface area (Å²) in [4.78, 5) is 0. The van der Waals surface area contributed by atoms with Gasteiger partial charge in [-0.25, -0.2) is 13.1 Å². The van der Waals surface area contributed by atoms with Gasteiger partial charge in [0.15, 0.2) is 0 Å². The Balaban J connectivity index is 4.32. The minimum absolute atomic E-state index is 0.0213. The van der Waals surface area contributed by atoms with Crippen molar-refractivity contribution in [3.63, 3.8) is 0 Å². The van der Waals surface area contributed by atoms with Gasteiger partial charge in [0.1, 0.15) is 0 Å². The van der Waals surface area contributed by atoms with Gasteiger partial charge in [-0.05, 0) is 19.1 Å². The van der Waals surface area contributed by atoms with Crippen molar-refractivity contribution in [2.45, 2.75) is 32.1 Å². The number of hydrogen-bond acceptors (Lipinski definition) is 4. The molecule has 0 fully saturated rings. The minimum Gasteiger partial charge on any atom is -0.395 e. The molecule has 0 rings (SSSR count). The van der Waals surface area contributed by atoms with E-state index in [0.717, 1.165) is 0 Å². The zero-order chi connectivity index (χ0) is 12.1. The summed E-state index contributed by atoms with van der Waals surface area (Å²) in [5.41, 5.74) is 0. The first-order valence-corrected chi connectivity index (χ1v) is 7.90. The number of hydrogen-bond donors (Lipinski definition) is 2. The van der Waals surface area contributed by atoms with Crippen LogP contribution in [0.5, 0.6) is 0 Å². The molecular weight excluding hydrogens is 234 g/mol. The lowest BCUT2D eigenvalue weighted by atomic mass is 10.3. The highest BCUT2D eigenvalue weighted by Crippen LogP contribution is 2.11. The summed E-state index contributed by atoms with van der Waals surface area (Å²) < 4.78 is 25.8. The second kappa shape index (κ2) is 6.73. The fourth-order valence-electron chi connectivity index (χ4n) is 1.28. The molecule has 6 heteroatoms. The molecule has 4 nitrogen and oxygen atoms in total. The highest BCUT2D eigenvalue weighted by atomic mass is 32.2. The summed E-state index contributed by atoms with van der Waals surface area (Å²) in [6.45, 7) is 5.48. The van der Waals surface area contributed by atoms with Gasteiger partial charge in [0, 0.05) is 11.3 Å². The van der Waals surface area contributed by atoms with Crippen LogP contribution in [0.1, 0.15) is 20.8 Å². The normalized spacial score (nSPS) is 16.7. The first kappa shape index (κ1) is 15.2. The average molecular weight is 255 g/mol. The van der Waals surface area contributed by atoms with E-state index >= 15 is 0 Å². The standard InChI is InChI=1S/C9H21NO3S2/c1-7(2)6-15(12,13)10-8(3)9(5-11)14-4/h7-11H,5-6H2,1-4H3. The fraction of sp³-hybridized carbons (Fsp3) is 1.00. The first-order chi connectivity index (χ1) is 6.82. The summed E-state index contributed by atoms with van der Waals surface area (Å²) in [7, 11) is -3.22. The zero-order valence-corrected chi connectivity index (χ0v) is 11.4. The molecule has 0 heterocycles. The predicted molar refractivity (Wildman–Crippen MR) is 65.6 cm³/mol. The Morgan fingerprint density at radius 3 is 2.20 bits per heavy atom. The van der Waals surface area contributed by atoms with Crippen LogP contribution in [-0.2, 0) is 10.0 Å². The largest absolute Gasteiger partial charge is 0.395 e. The van der Waals surface area contributed by atoms with Gasteiger partial charge in [-0.1, -0.05) is 13.8 Å². The van der Waals surface area contributed by atoms with E-state index in [4.69, 9.17) is 5.11 Å². The smallest absolute Gasteiger partial charge is 0.212 e. The van der Waals surface area contributed by atoms with Crippen LogP contribution in [-0.4, -0.2) is 43.4 Å². The quantitative estimate of drug-likeness (QED) is 0.702. The number of aliphatic hydroxyl groups is 1. The lowest BCUT2D eigenvalue weighted by Gasteiger charge is -2.21. The van der Waals surface area contributed by atoms with E-state index in [0.29, 0.717) is 0 Å². The Hall–Kier alpha value is 0.220. The van der Waals surface area contributed by atoms with E-state index in [2.05, 4.69) is 4.72 Å². The second-order valence-corrected chi connectivity index (χ2v) is 6.91. The minimum atomic E-state index is -3.22. The van der Waals surface area contributed by atoms with E-state index in [-0.39, 0.29) is 29.6 Å². The summed E-state index contributed by atoms with van der Waals surface area (Å²) in [6.07, 6.45) is 1.86. The molecule has 0 radical (unpaired) electrons. The number of thioether (sulfide) groups is 1. The molecule has 0 amide bonds. The Labute approximate surface area is 96.9 Å². The predicted octanol–water partition coefficient (Wildman–Crippen LogP) is 0.674. The van der Waals surface area contributed by atoms with Gasteiger partial charge < -0.3 is 5.11 Å². The van der Waals surface area contributed by atoms with Crippen LogP contribution in [0.4, 0.5) is 0 Å². The Morgan fingerprint density at radius 1 is 1.33 bits per heavy atom. The molecule has 0 aromatic carbocycles. The SMILES string of the molecule is CSC(CO)C(C)NS(=O)(=O)CC(C)C. The Bertz CT molecular complexity index is 261. The summed E-state index contributed by atoms with van der Waals surface area (Å²) >= 11 is 1.46.